The predicted molar refractivity (Wildman–Crippen MR) is 130 cm³/mol. The largest absolute Gasteiger partial charge is 0.493 e. The van der Waals surface area contributed by atoms with Crippen molar-refractivity contribution >= 4 is 34.1 Å². The fourth-order valence-electron chi connectivity index (χ4n) is 2.98. The van der Waals surface area contributed by atoms with Crippen LogP contribution in [0.3, 0.4) is 0 Å². The van der Waals surface area contributed by atoms with Crippen LogP contribution in [-0.4, -0.2) is 29.5 Å². The molecule has 0 spiro atoms. The molecule has 3 rings (SSSR count). The summed E-state index contributed by atoms with van der Waals surface area (Å²) in [6, 6.07) is 11.6. The van der Waals surface area contributed by atoms with Gasteiger partial charge < -0.3 is 9.47 Å². The zero-order valence-electron chi connectivity index (χ0n) is 18.4. The number of nitrogens with zero attached hydrogens (tertiary/aromatic N) is 2. The van der Waals surface area contributed by atoms with Crippen molar-refractivity contribution in [2.24, 2.45) is 0 Å². The van der Waals surface area contributed by atoms with Crippen molar-refractivity contribution in [3.8, 4) is 22.8 Å². The molecular formula is C24H25N3O5S. The van der Waals surface area contributed by atoms with Gasteiger partial charge in [0, 0.05) is 29.2 Å². The van der Waals surface area contributed by atoms with E-state index in [1.165, 1.54) is 29.5 Å². The number of non-ortho nitro benzene ring substituents is 1. The Morgan fingerprint density at radius 2 is 1.97 bits per heavy atom. The highest BCUT2D eigenvalue weighted by atomic mass is 32.1. The average molecular weight is 468 g/mol. The predicted octanol–water partition coefficient (Wildman–Crippen LogP) is 5.95. The molecule has 0 aliphatic rings. The molecule has 0 saturated heterocycles. The number of methoxy groups -OCH3 is 1. The van der Waals surface area contributed by atoms with E-state index in [4.69, 9.17) is 9.47 Å². The van der Waals surface area contributed by atoms with E-state index in [-0.39, 0.29) is 11.6 Å². The van der Waals surface area contributed by atoms with Gasteiger partial charge in [-0.2, -0.15) is 0 Å². The van der Waals surface area contributed by atoms with Gasteiger partial charge in [-0.05, 0) is 42.3 Å². The summed E-state index contributed by atoms with van der Waals surface area (Å²) >= 11 is 1.28. The zero-order chi connectivity index (χ0) is 23.6. The molecule has 9 heteroatoms. The molecular weight excluding hydrogens is 442 g/mol. The highest BCUT2D eigenvalue weighted by Crippen LogP contribution is 2.29. The third-order valence-corrected chi connectivity index (χ3v) is 5.49. The van der Waals surface area contributed by atoms with Gasteiger partial charge in [0.1, 0.15) is 0 Å². The molecule has 0 radical (unpaired) electrons. The maximum atomic E-state index is 12.3. The first-order chi connectivity index (χ1) is 16.0. The van der Waals surface area contributed by atoms with Gasteiger partial charge in [-0.25, -0.2) is 4.98 Å². The van der Waals surface area contributed by atoms with Crippen molar-refractivity contribution < 1.29 is 19.2 Å². The molecule has 0 atom stereocenters. The van der Waals surface area contributed by atoms with Gasteiger partial charge in [-0.3, -0.25) is 20.2 Å². The number of carbonyl (C=O) groups is 1. The maximum absolute atomic E-state index is 12.3. The van der Waals surface area contributed by atoms with Gasteiger partial charge >= 0.3 is 0 Å². The highest BCUT2D eigenvalue weighted by molar-refractivity contribution is 7.14. The van der Waals surface area contributed by atoms with E-state index in [0.717, 1.165) is 30.4 Å². The SMILES string of the molecule is CCCCCOc1ccc(/C=C/C(=O)Nc2nc(-c3ccc([N+](=O)[O-])cc3)cs2)cc1OC. The van der Waals surface area contributed by atoms with Crippen molar-refractivity contribution in [3.05, 3.63) is 69.6 Å². The molecule has 0 saturated carbocycles. The van der Waals surface area contributed by atoms with Crippen molar-refractivity contribution in [2.45, 2.75) is 26.2 Å². The van der Waals surface area contributed by atoms with Gasteiger partial charge in [-0.1, -0.05) is 25.8 Å². The number of ether oxygens (including phenoxy) is 2. The van der Waals surface area contributed by atoms with Crippen molar-refractivity contribution in [1.82, 2.24) is 4.98 Å². The number of hydrogen-bond acceptors (Lipinski definition) is 7. The van der Waals surface area contributed by atoms with Gasteiger partial charge in [0.25, 0.3) is 5.69 Å². The molecule has 0 aliphatic heterocycles. The Morgan fingerprint density at radius 3 is 2.67 bits per heavy atom. The minimum absolute atomic E-state index is 0.0142. The van der Waals surface area contributed by atoms with E-state index in [1.807, 2.05) is 18.2 Å². The van der Waals surface area contributed by atoms with E-state index in [1.54, 1.807) is 30.7 Å². The minimum Gasteiger partial charge on any atom is -0.493 e. The molecule has 3 aromatic rings. The third-order valence-electron chi connectivity index (χ3n) is 4.73. The summed E-state index contributed by atoms with van der Waals surface area (Å²) in [4.78, 5) is 27.0. The number of rotatable bonds is 11. The Morgan fingerprint density at radius 1 is 1.18 bits per heavy atom. The molecule has 8 nitrogen and oxygen atoms in total. The molecule has 1 heterocycles. The number of anilines is 1. The number of nitro benzene ring substituents is 1. The molecule has 1 amide bonds. The van der Waals surface area contributed by atoms with Crippen LogP contribution >= 0.6 is 11.3 Å². The third kappa shape index (κ3) is 6.88. The van der Waals surface area contributed by atoms with Crippen molar-refractivity contribution in [2.75, 3.05) is 19.0 Å². The quantitative estimate of drug-likeness (QED) is 0.162. The second kappa shape index (κ2) is 11.8. The first-order valence-corrected chi connectivity index (χ1v) is 11.4. The Kier molecular flexibility index (Phi) is 8.54. The second-order valence-electron chi connectivity index (χ2n) is 7.13. The van der Waals surface area contributed by atoms with E-state index in [9.17, 15) is 14.9 Å². The monoisotopic (exact) mass is 467 g/mol. The highest BCUT2D eigenvalue weighted by Gasteiger charge is 2.10. The number of nitro groups is 1. The van der Waals surface area contributed by atoms with Crippen LogP contribution in [0.4, 0.5) is 10.8 Å². The fourth-order valence-corrected chi connectivity index (χ4v) is 3.70. The van der Waals surface area contributed by atoms with E-state index < -0.39 is 4.92 Å². The lowest BCUT2D eigenvalue weighted by Gasteiger charge is -2.11. The zero-order valence-corrected chi connectivity index (χ0v) is 19.3. The summed E-state index contributed by atoms with van der Waals surface area (Å²) < 4.78 is 11.2. The van der Waals surface area contributed by atoms with Crippen LogP contribution in [0.1, 0.15) is 31.7 Å². The van der Waals surface area contributed by atoms with E-state index >= 15 is 0 Å². The Hall–Kier alpha value is -3.72. The molecule has 1 N–H and O–H groups in total. The first-order valence-electron chi connectivity index (χ1n) is 10.5. The molecule has 0 unspecified atom stereocenters. The van der Waals surface area contributed by atoms with Gasteiger partial charge in [0.2, 0.25) is 5.91 Å². The van der Waals surface area contributed by atoms with Crippen LogP contribution in [0.5, 0.6) is 11.5 Å². The van der Waals surface area contributed by atoms with Crippen LogP contribution in [0.2, 0.25) is 0 Å². The number of carbonyl (C=O) groups excluding carboxylic acids is 1. The second-order valence-corrected chi connectivity index (χ2v) is 7.99. The average Bonchev–Trinajstić information content (AvgIpc) is 3.29. The van der Waals surface area contributed by atoms with Crippen LogP contribution in [0.15, 0.2) is 53.9 Å². The van der Waals surface area contributed by atoms with E-state index in [0.29, 0.717) is 28.9 Å². The summed E-state index contributed by atoms with van der Waals surface area (Å²) in [5.41, 5.74) is 2.18. The van der Waals surface area contributed by atoms with E-state index in [2.05, 4.69) is 17.2 Å². The molecule has 172 valence electrons. The summed E-state index contributed by atoms with van der Waals surface area (Å²) in [7, 11) is 1.58. The summed E-state index contributed by atoms with van der Waals surface area (Å²) in [6.45, 7) is 2.78. The molecule has 0 aliphatic carbocycles. The number of thiazole rings is 1. The lowest BCUT2D eigenvalue weighted by atomic mass is 10.1. The van der Waals surface area contributed by atoms with Gasteiger partial charge in [0.15, 0.2) is 16.6 Å². The summed E-state index contributed by atoms with van der Waals surface area (Å²) in [5, 5.41) is 15.7. The Balaban J connectivity index is 1.59. The minimum atomic E-state index is -0.452. The number of nitrogens with one attached hydrogen (secondary N) is 1. The maximum Gasteiger partial charge on any atom is 0.269 e. The van der Waals surface area contributed by atoms with Crippen molar-refractivity contribution in [3.63, 3.8) is 0 Å². The van der Waals surface area contributed by atoms with Crippen LogP contribution in [0.25, 0.3) is 17.3 Å². The topological polar surface area (TPSA) is 104 Å². The standard InChI is InChI=1S/C24H25N3O5S/c1-3-4-5-14-32-21-12-6-17(15-22(21)31-2)7-13-23(28)26-24-25-20(16-33-24)18-8-10-19(11-9-18)27(29)30/h6-13,15-16H,3-5,14H2,1-2H3,(H,25,26,28)/b13-7+. The fraction of sp³-hybridized carbons (Fsp3) is 0.250. The lowest BCUT2D eigenvalue weighted by Crippen LogP contribution is -2.07. The number of unbranched alkanes of at least 4 members (excludes halogenated alkanes) is 2. The number of hydrogen-bond donors (Lipinski definition) is 1. The smallest absolute Gasteiger partial charge is 0.269 e. The molecule has 0 bridgehead atoms. The normalized spacial score (nSPS) is 10.8. The summed E-state index contributed by atoms with van der Waals surface area (Å²) in [5.74, 6) is 0.969. The number of amides is 1. The first kappa shape index (κ1) is 23.9. The molecule has 33 heavy (non-hydrogen) atoms. The van der Waals surface area contributed by atoms with Crippen molar-refractivity contribution in [1.29, 1.82) is 0 Å². The molecule has 2 aromatic carbocycles. The Bertz CT molecular complexity index is 1130. The lowest BCUT2D eigenvalue weighted by molar-refractivity contribution is -0.384. The number of benzene rings is 2. The number of aromatic nitrogens is 1. The molecule has 1 aromatic heterocycles. The van der Waals surface area contributed by atoms with Crippen LogP contribution < -0.4 is 14.8 Å². The molecule has 0 fully saturated rings. The van der Waals surface area contributed by atoms with Crippen LogP contribution in [-0.2, 0) is 4.79 Å². The summed E-state index contributed by atoms with van der Waals surface area (Å²) in [6.07, 6.45) is 6.34. The van der Waals surface area contributed by atoms with Gasteiger partial charge in [-0.15, -0.1) is 11.3 Å². The van der Waals surface area contributed by atoms with Gasteiger partial charge in [0.05, 0.1) is 24.3 Å². The Labute approximate surface area is 196 Å². The van der Waals surface area contributed by atoms with Crippen LogP contribution in [0, 0.1) is 10.1 Å².